The summed E-state index contributed by atoms with van der Waals surface area (Å²) in [5, 5.41) is 2.75. The number of amides is 2. The predicted octanol–water partition coefficient (Wildman–Crippen LogP) is 2.64. The van der Waals surface area contributed by atoms with Gasteiger partial charge in [-0.25, -0.2) is 4.79 Å². The van der Waals surface area contributed by atoms with E-state index in [1.54, 1.807) is 24.1 Å². The van der Waals surface area contributed by atoms with Gasteiger partial charge in [0.1, 0.15) is 5.75 Å². The summed E-state index contributed by atoms with van der Waals surface area (Å²) in [7, 11) is 1.67. The van der Waals surface area contributed by atoms with E-state index in [0.29, 0.717) is 19.0 Å². The number of piperazine rings is 1. The lowest BCUT2D eigenvalue weighted by Gasteiger charge is -2.36. The molecular weight excluding hydrogens is 282 g/mol. The normalized spacial score (nSPS) is 14.8. The highest BCUT2D eigenvalue weighted by Crippen LogP contribution is 2.28. The number of methoxy groups -OCH3 is 1. The Morgan fingerprint density at radius 2 is 1.91 bits per heavy atom. The van der Waals surface area contributed by atoms with Crippen LogP contribution in [-0.4, -0.2) is 44.2 Å². The zero-order chi connectivity index (χ0) is 15.4. The van der Waals surface area contributed by atoms with Crippen LogP contribution in [0.1, 0.15) is 0 Å². The first-order valence-electron chi connectivity index (χ1n) is 7.25. The van der Waals surface area contributed by atoms with Crippen molar-refractivity contribution in [3.8, 4) is 5.75 Å². The summed E-state index contributed by atoms with van der Waals surface area (Å²) in [4.78, 5) is 16.2. The zero-order valence-corrected chi connectivity index (χ0v) is 12.5. The van der Waals surface area contributed by atoms with Crippen molar-refractivity contribution in [3.05, 3.63) is 42.7 Å². The van der Waals surface area contributed by atoms with Gasteiger partial charge in [0.2, 0.25) is 5.88 Å². The first kappa shape index (κ1) is 14.3. The quantitative estimate of drug-likeness (QED) is 0.947. The number of furan rings is 1. The van der Waals surface area contributed by atoms with E-state index in [9.17, 15) is 4.79 Å². The predicted molar refractivity (Wildman–Crippen MR) is 84.5 cm³/mol. The number of carbonyl (C=O) groups is 1. The minimum absolute atomic E-state index is 0.130. The van der Waals surface area contributed by atoms with Gasteiger partial charge < -0.3 is 19.0 Å². The lowest BCUT2D eigenvalue weighted by Crippen LogP contribution is -2.50. The minimum Gasteiger partial charge on any atom is -0.495 e. The molecule has 3 rings (SSSR count). The van der Waals surface area contributed by atoms with E-state index >= 15 is 0 Å². The second kappa shape index (κ2) is 6.43. The molecule has 1 saturated heterocycles. The summed E-state index contributed by atoms with van der Waals surface area (Å²) in [5.41, 5.74) is 1.07. The van der Waals surface area contributed by atoms with Crippen LogP contribution in [0.25, 0.3) is 0 Å². The first-order chi connectivity index (χ1) is 10.8. The van der Waals surface area contributed by atoms with Gasteiger partial charge in [0, 0.05) is 32.2 Å². The summed E-state index contributed by atoms with van der Waals surface area (Å²) in [6.07, 6.45) is 1.54. The second-order valence-electron chi connectivity index (χ2n) is 5.05. The van der Waals surface area contributed by atoms with Crippen molar-refractivity contribution in [1.82, 2.24) is 4.90 Å². The largest absolute Gasteiger partial charge is 0.495 e. The van der Waals surface area contributed by atoms with Gasteiger partial charge in [-0.3, -0.25) is 5.32 Å². The maximum atomic E-state index is 12.1. The minimum atomic E-state index is -0.130. The van der Waals surface area contributed by atoms with Crippen LogP contribution in [0.4, 0.5) is 16.4 Å². The van der Waals surface area contributed by atoms with Crippen LogP contribution >= 0.6 is 0 Å². The molecule has 6 heteroatoms. The summed E-state index contributed by atoms with van der Waals surface area (Å²) in [6.45, 7) is 2.85. The van der Waals surface area contributed by atoms with Crippen molar-refractivity contribution >= 4 is 17.6 Å². The molecule has 1 aromatic heterocycles. The summed E-state index contributed by atoms with van der Waals surface area (Å²) in [5.74, 6) is 1.33. The fraction of sp³-hybridized carbons (Fsp3) is 0.312. The number of rotatable bonds is 3. The Morgan fingerprint density at radius 3 is 2.59 bits per heavy atom. The molecule has 6 nitrogen and oxygen atoms in total. The third kappa shape index (κ3) is 3.00. The van der Waals surface area contributed by atoms with E-state index in [4.69, 9.17) is 9.15 Å². The number of para-hydroxylation sites is 2. The van der Waals surface area contributed by atoms with Gasteiger partial charge in [-0.15, -0.1) is 0 Å². The van der Waals surface area contributed by atoms with E-state index in [2.05, 4.69) is 10.2 Å². The van der Waals surface area contributed by atoms with Crippen molar-refractivity contribution in [3.63, 3.8) is 0 Å². The Labute approximate surface area is 129 Å². The SMILES string of the molecule is COc1ccccc1N1CCN(C(=O)Nc2ccco2)CC1. The summed E-state index contributed by atoms with van der Waals surface area (Å²) in [6, 6.07) is 11.3. The number of anilines is 2. The summed E-state index contributed by atoms with van der Waals surface area (Å²) < 4.78 is 10.5. The van der Waals surface area contributed by atoms with E-state index in [1.807, 2.05) is 24.3 Å². The van der Waals surface area contributed by atoms with Crippen LogP contribution in [0.15, 0.2) is 47.1 Å². The van der Waals surface area contributed by atoms with Crippen LogP contribution in [0.5, 0.6) is 5.75 Å². The zero-order valence-electron chi connectivity index (χ0n) is 12.5. The van der Waals surface area contributed by atoms with Gasteiger partial charge >= 0.3 is 6.03 Å². The third-order valence-corrected chi connectivity index (χ3v) is 3.74. The molecular formula is C16H19N3O3. The molecule has 1 fully saturated rings. The molecule has 1 aliphatic rings. The molecule has 2 aromatic rings. The number of nitrogens with zero attached hydrogens (tertiary/aromatic N) is 2. The van der Waals surface area contributed by atoms with Crippen LogP contribution in [-0.2, 0) is 0 Å². The van der Waals surface area contributed by atoms with Gasteiger partial charge in [-0.1, -0.05) is 12.1 Å². The van der Waals surface area contributed by atoms with Crippen molar-refractivity contribution in [1.29, 1.82) is 0 Å². The molecule has 2 heterocycles. The highest BCUT2D eigenvalue weighted by atomic mass is 16.5. The molecule has 1 aromatic carbocycles. The lowest BCUT2D eigenvalue weighted by atomic mass is 10.2. The molecule has 0 radical (unpaired) electrons. The smallest absolute Gasteiger partial charge is 0.324 e. The second-order valence-corrected chi connectivity index (χ2v) is 5.05. The molecule has 0 saturated carbocycles. The third-order valence-electron chi connectivity index (χ3n) is 3.74. The molecule has 0 spiro atoms. The molecule has 0 aliphatic carbocycles. The van der Waals surface area contributed by atoms with Crippen LogP contribution in [0.2, 0.25) is 0 Å². The maximum Gasteiger partial charge on any atom is 0.324 e. The summed E-state index contributed by atoms with van der Waals surface area (Å²) >= 11 is 0. The van der Waals surface area contributed by atoms with E-state index < -0.39 is 0 Å². The molecule has 2 amide bonds. The Bertz CT molecular complexity index is 619. The lowest BCUT2D eigenvalue weighted by molar-refractivity contribution is 0.207. The topological polar surface area (TPSA) is 58.0 Å². The molecule has 1 N–H and O–H groups in total. The molecule has 1 aliphatic heterocycles. The van der Waals surface area contributed by atoms with Crippen molar-refractivity contribution < 1.29 is 13.9 Å². The highest BCUT2D eigenvalue weighted by Gasteiger charge is 2.23. The first-order valence-corrected chi connectivity index (χ1v) is 7.25. The average Bonchev–Trinajstić information content (AvgIpc) is 3.08. The van der Waals surface area contributed by atoms with E-state index in [0.717, 1.165) is 24.5 Å². The molecule has 0 bridgehead atoms. The maximum absolute atomic E-state index is 12.1. The Hall–Kier alpha value is -2.63. The van der Waals surface area contributed by atoms with Crippen molar-refractivity contribution in [2.75, 3.05) is 43.5 Å². The Balaban J connectivity index is 1.59. The average molecular weight is 301 g/mol. The van der Waals surface area contributed by atoms with Crippen LogP contribution in [0.3, 0.4) is 0 Å². The van der Waals surface area contributed by atoms with E-state index in [-0.39, 0.29) is 6.03 Å². The standard InChI is InChI=1S/C16H19N3O3/c1-21-14-6-3-2-5-13(14)18-8-10-19(11-9-18)16(20)17-15-7-4-12-22-15/h2-7,12H,8-11H2,1H3,(H,17,20). The molecule has 22 heavy (non-hydrogen) atoms. The van der Waals surface area contributed by atoms with Crippen molar-refractivity contribution in [2.24, 2.45) is 0 Å². The Morgan fingerprint density at radius 1 is 1.14 bits per heavy atom. The van der Waals surface area contributed by atoms with Gasteiger partial charge in [-0.2, -0.15) is 0 Å². The van der Waals surface area contributed by atoms with Crippen LogP contribution < -0.4 is 15.0 Å². The van der Waals surface area contributed by atoms with E-state index in [1.165, 1.54) is 6.26 Å². The van der Waals surface area contributed by atoms with Crippen LogP contribution in [0, 0.1) is 0 Å². The number of hydrogen-bond donors (Lipinski definition) is 1. The number of ether oxygens (including phenoxy) is 1. The Kier molecular flexibility index (Phi) is 4.18. The van der Waals surface area contributed by atoms with Gasteiger partial charge in [-0.05, 0) is 18.2 Å². The number of carbonyl (C=O) groups excluding carboxylic acids is 1. The van der Waals surface area contributed by atoms with Gasteiger partial charge in [0.15, 0.2) is 0 Å². The molecule has 116 valence electrons. The van der Waals surface area contributed by atoms with Crippen molar-refractivity contribution in [2.45, 2.75) is 0 Å². The number of benzene rings is 1. The number of nitrogens with one attached hydrogen (secondary N) is 1. The fourth-order valence-corrected chi connectivity index (χ4v) is 2.58. The highest BCUT2D eigenvalue weighted by molar-refractivity contribution is 5.88. The van der Waals surface area contributed by atoms with Gasteiger partial charge in [0.05, 0.1) is 19.1 Å². The monoisotopic (exact) mass is 301 g/mol. The fourth-order valence-electron chi connectivity index (χ4n) is 2.58. The number of hydrogen-bond acceptors (Lipinski definition) is 4. The molecule has 0 atom stereocenters. The number of urea groups is 1. The van der Waals surface area contributed by atoms with Gasteiger partial charge in [0.25, 0.3) is 0 Å². The molecule has 0 unspecified atom stereocenters.